The van der Waals surface area contributed by atoms with Crippen molar-refractivity contribution in [2.75, 3.05) is 23.0 Å². The number of aromatic hydroxyl groups is 1. The van der Waals surface area contributed by atoms with Gasteiger partial charge in [0.25, 0.3) is 0 Å². The topological polar surface area (TPSA) is 132 Å². The molecule has 0 saturated heterocycles. The van der Waals surface area contributed by atoms with Gasteiger partial charge in [0.2, 0.25) is 17.8 Å². The van der Waals surface area contributed by atoms with Crippen molar-refractivity contribution in [3.8, 4) is 5.75 Å². The van der Waals surface area contributed by atoms with E-state index in [4.69, 9.17) is 0 Å². The predicted octanol–water partition coefficient (Wildman–Crippen LogP) is 7.89. The van der Waals surface area contributed by atoms with Crippen LogP contribution in [0.1, 0.15) is 16.7 Å². The normalized spacial score (nSPS) is 11.2. The highest BCUT2D eigenvalue weighted by atomic mass is 16.3. The highest BCUT2D eigenvalue weighted by Crippen LogP contribution is 2.26. The fraction of sp³-hybridized carbons (Fsp3) is 0.0968. The van der Waals surface area contributed by atoms with E-state index < -0.39 is 0 Å². The van der Waals surface area contributed by atoms with Crippen molar-refractivity contribution in [3.05, 3.63) is 108 Å². The summed E-state index contributed by atoms with van der Waals surface area (Å²) in [6.45, 7) is 4.09. The number of anilines is 5. The van der Waals surface area contributed by atoms with Gasteiger partial charge in [-0.2, -0.15) is 25.2 Å². The van der Waals surface area contributed by atoms with Gasteiger partial charge in [-0.1, -0.05) is 24.3 Å². The number of nitrogens with zero attached hydrogens (tertiary/aromatic N) is 6. The van der Waals surface area contributed by atoms with Crippen LogP contribution in [0.5, 0.6) is 5.75 Å². The summed E-state index contributed by atoms with van der Waals surface area (Å²) in [6.07, 6.45) is 1.59. The fourth-order valence-corrected chi connectivity index (χ4v) is 4.00. The van der Waals surface area contributed by atoms with Crippen molar-refractivity contribution in [3.63, 3.8) is 0 Å². The van der Waals surface area contributed by atoms with Crippen molar-refractivity contribution >= 4 is 52.5 Å². The minimum atomic E-state index is 0.103. The first kappa shape index (κ1) is 26.9. The van der Waals surface area contributed by atoms with Gasteiger partial charge >= 0.3 is 0 Å². The van der Waals surface area contributed by atoms with E-state index in [1.54, 1.807) is 31.5 Å². The first-order chi connectivity index (χ1) is 19.9. The molecule has 0 aliphatic heterocycles. The Balaban J connectivity index is 1.28. The minimum absolute atomic E-state index is 0.103. The van der Waals surface area contributed by atoms with Gasteiger partial charge in [0.1, 0.15) is 5.75 Å². The van der Waals surface area contributed by atoms with Gasteiger partial charge in [-0.3, -0.25) is 4.99 Å². The van der Waals surface area contributed by atoms with Crippen LogP contribution in [-0.4, -0.2) is 33.3 Å². The molecule has 41 heavy (non-hydrogen) atoms. The number of nitrogens with one attached hydrogen (secondary N) is 3. The number of hydrogen-bond acceptors (Lipinski definition) is 10. The van der Waals surface area contributed by atoms with Crippen molar-refractivity contribution in [1.82, 2.24) is 15.0 Å². The van der Waals surface area contributed by atoms with Crippen LogP contribution in [0.3, 0.4) is 0 Å². The van der Waals surface area contributed by atoms with Crippen LogP contribution in [-0.2, 0) is 0 Å². The summed E-state index contributed by atoms with van der Waals surface area (Å²) in [4.78, 5) is 17.9. The molecule has 0 aliphatic carbocycles. The molecule has 0 atom stereocenters. The lowest BCUT2D eigenvalue weighted by atomic mass is 10.1. The van der Waals surface area contributed by atoms with E-state index >= 15 is 0 Å². The third-order valence-electron chi connectivity index (χ3n) is 5.86. The van der Waals surface area contributed by atoms with Crippen LogP contribution in [0.15, 0.2) is 106 Å². The summed E-state index contributed by atoms with van der Waals surface area (Å²) in [7, 11) is 1.76. The molecule has 5 aromatic rings. The Labute approximate surface area is 238 Å². The number of aliphatic imine (C=N–C) groups is 1. The summed E-state index contributed by atoms with van der Waals surface area (Å²) >= 11 is 0. The SMILES string of the molecule is CNc1nc(Nc2ccc(/N=C/c3cc(/N=N/c4ccccc4)ccc3O)cc2)nc(Nc2cc(C)cc(C)c2)n1. The minimum Gasteiger partial charge on any atom is -0.507 e. The smallest absolute Gasteiger partial charge is 0.233 e. The Morgan fingerprint density at radius 2 is 1.24 bits per heavy atom. The molecule has 5 rings (SSSR count). The molecular weight excluding hydrogens is 514 g/mol. The van der Waals surface area contributed by atoms with E-state index in [2.05, 4.69) is 52.2 Å². The average Bonchev–Trinajstić information content (AvgIpc) is 2.96. The maximum absolute atomic E-state index is 10.3. The van der Waals surface area contributed by atoms with Gasteiger partial charge in [0, 0.05) is 30.2 Å². The zero-order valence-corrected chi connectivity index (χ0v) is 22.9. The van der Waals surface area contributed by atoms with Crippen molar-refractivity contribution < 1.29 is 5.11 Å². The molecule has 4 N–H and O–H groups in total. The summed E-state index contributed by atoms with van der Waals surface area (Å²) < 4.78 is 0. The van der Waals surface area contributed by atoms with Crippen LogP contribution in [0, 0.1) is 13.8 Å². The average molecular weight is 544 g/mol. The summed E-state index contributed by atoms with van der Waals surface area (Å²) in [6, 6.07) is 28.1. The lowest BCUT2D eigenvalue weighted by molar-refractivity contribution is 0.474. The van der Waals surface area contributed by atoms with Gasteiger partial charge in [0.05, 0.1) is 17.1 Å². The van der Waals surface area contributed by atoms with E-state index in [1.807, 2.05) is 80.6 Å². The maximum Gasteiger partial charge on any atom is 0.233 e. The number of rotatable bonds is 9. The second kappa shape index (κ2) is 12.5. The van der Waals surface area contributed by atoms with E-state index in [-0.39, 0.29) is 5.75 Å². The molecule has 0 saturated carbocycles. The van der Waals surface area contributed by atoms with Crippen molar-refractivity contribution in [2.45, 2.75) is 13.8 Å². The van der Waals surface area contributed by atoms with Crippen molar-refractivity contribution in [2.24, 2.45) is 15.2 Å². The number of azo groups is 1. The van der Waals surface area contributed by atoms with Gasteiger partial charge in [0.15, 0.2) is 0 Å². The zero-order valence-electron chi connectivity index (χ0n) is 22.9. The monoisotopic (exact) mass is 543 g/mol. The van der Waals surface area contributed by atoms with E-state index in [1.165, 1.54) is 0 Å². The van der Waals surface area contributed by atoms with Gasteiger partial charge in [-0.05, 0) is 91.7 Å². The van der Waals surface area contributed by atoms with Crippen molar-refractivity contribution in [1.29, 1.82) is 0 Å². The second-order valence-electron chi connectivity index (χ2n) is 9.27. The first-order valence-electron chi connectivity index (χ1n) is 12.9. The fourth-order valence-electron chi connectivity index (χ4n) is 4.00. The van der Waals surface area contributed by atoms with E-state index in [0.29, 0.717) is 34.8 Å². The molecule has 0 unspecified atom stereocenters. The van der Waals surface area contributed by atoms with Crippen LogP contribution >= 0.6 is 0 Å². The van der Waals surface area contributed by atoms with Crippen LogP contribution in [0.2, 0.25) is 0 Å². The van der Waals surface area contributed by atoms with Crippen LogP contribution in [0.4, 0.5) is 46.3 Å². The second-order valence-corrected chi connectivity index (χ2v) is 9.27. The predicted molar refractivity (Wildman–Crippen MR) is 164 cm³/mol. The molecule has 0 radical (unpaired) electrons. The zero-order chi connectivity index (χ0) is 28.6. The number of aromatic nitrogens is 3. The molecule has 10 heteroatoms. The molecule has 1 aromatic heterocycles. The number of phenols is 1. The van der Waals surface area contributed by atoms with Gasteiger partial charge < -0.3 is 21.1 Å². The molecule has 0 fully saturated rings. The van der Waals surface area contributed by atoms with Gasteiger partial charge in [-0.25, -0.2) is 0 Å². The third kappa shape index (κ3) is 7.48. The van der Waals surface area contributed by atoms with E-state index in [9.17, 15) is 5.11 Å². The number of hydrogen-bond donors (Lipinski definition) is 4. The Hall–Kier alpha value is -5.64. The Morgan fingerprint density at radius 1 is 0.634 bits per heavy atom. The van der Waals surface area contributed by atoms with E-state index in [0.717, 1.165) is 28.2 Å². The molecule has 0 bridgehead atoms. The third-order valence-corrected chi connectivity index (χ3v) is 5.86. The summed E-state index contributed by atoms with van der Waals surface area (Å²) in [5.74, 6) is 1.34. The Bertz CT molecular complexity index is 1680. The highest BCUT2D eigenvalue weighted by Gasteiger charge is 2.08. The lowest BCUT2D eigenvalue weighted by Gasteiger charge is -2.11. The Kier molecular flexibility index (Phi) is 8.20. The highest BCUT2D eigenvalue weighted by molar-refractivity contribution is 5.86. The Morgan fingerprint density at radius 3 is 1.93 bits per heavy atom. The molecule has 10 nitrogen and oxygen atoms in total. The van der Waals surface area contributed by atoms with Crippen LogP contribution < -0.4 is 16.0 Å². The first-order valence-corrected chi connectivity index (χ1v) is 12.9. The molecule has 1 heterocycles. The molecule has 0 spiro atoms. The maximum atomic E-state index is 10.3. The molecule has 0 aliphatic rings. The number of benzene rings is 4. The summed E-state index contributed by atoms with van der Waals surface area (Å²) in [5, 5.41) is 28.2. The molecule has 4 aromatic carbocycles. The summed E-state index contributed by atoms with van der Waals surface area (Å²) in [5.41, 5.74) is 6.57. The lowest BCUT2D eigenvalue weighted by Crippen LogP contribution is -2.07. The largest absolute Gasteiger partial charge is 0.507 e. The molecular formula is C31H29N9O. The number of aryl methyl sites for hydroxylation is 2. The van der Waals surface area contributed by atoms with Gasteiger partial charge in [-0.15, -0.1) is 0 Å². The molecule has 0 amide bonds. The standard InChI is InChI=1S/C31H29N9O/c1-20-15-21(2)17-27(16-20)35-31-37-29(32-3)36-30(38-31)34-24-11-9-23(10-12-24)33-19-22-18-26(13-14-28(22)41)40-39-25-7-5-4-6-8-25/h4-19,41H,1-3H3,(H3,32,34,35,36,37,38)/b33-19+,40-39+. The quantitative estimate of drug-likeness (QED) is 0.110. The van der Waals surface area contributed by atoms with Crippen LogP contribution in [0.25, 0.3) is 0 Å². The molecule has 204 valence electrons. The number of phenolic OH excluding ortho intramolecular Hbond substituents is 1.